The fraction of sp³-hybridized carbons (Fsp3) is 0.368. The normalized spacial score (nSPS) is 14.1. The number of nitrogens with one attached hydrogen (secondary N) is 1. The number of aryl methyl sites for hydroxylation is 1. The van der Waals surface area contributed by atoms with Crippen molar-refractivity contribution in [3.05, 3.63) is 58.6 Å². The van der Waals surface area contributed by atoms with Crippen LogP contribution in [0.4, 0.5) is 19.1 Å². The Morgan fingerprint density at radius 3 is 2.60 bits per heavy atom. The number of anilines is 1. The van der Waals surface area contributed by atoms with E-state index in [1.807, 2.05) is 12.1 Å². The Labute approximate surface area is 174 Å². The molecule has 4 rings (SSSR count). The molecule has 0 unspecified atom stereocenters. The molecule has 1 aromatic carbocycles. The van der Waals surface area contributed by atoms with Gasteiger partial charge in [0.05, 0.1) is 13.1 Å². The molecule has 3 aromatic rings. The summed E-state index contributed by atoms with van der Waals surface area (Å²) < 4.78 is 41.7. The van der Waals surface area contributed by atoms with Gasteiger partial charge < -0.3 is 0 Å². The third-order valence-electron chi connectivity index (χ3n) is 4.69. The van der Waals surface area contributed by atoms with Gasteiger partial charge in [-0.25, -0.2) is 9.67 Å². The van der Waals surface area contributed by atoms with Crippen LogP contribution in [0.3, 0.4) is 0 Å². The first-order valence-electron chi connectivity index (χ1n) is 9.36. The molecule has 0 spiro atoms. The Hall–Kier alpha value is -2.88. The summed E-state index contributed by atoms with van der Waals surface area (Å²) in [6, 6.07) is 8.34. The Kier molecular flexibility index (Phi) is 5.50. The maximum Gasteiger partial charge on any atom is 0.435 e. The van der Waals surface area contributed by atoms with Gasteiger partial charge in [-0.1, -0.05) is 23.7 Å². The second-order valence-electron chi connectivity index (χ2n) is 7.14. The lowest BCUT2D eigenvalue weighted by atomic mass is 10.2. The van der Waals surface area contributed by atoms with Crippen molar-refractivity contribution in [2.24, 2.45) is 0 Å². The fourth-order valence-corrected chi connectivity index (χ4v) is 3.18. The van der Waals surface area contributed by atoms with E-state index in [1.54, 1.807) is 16.8 Å². The summed E-state index contributed by atoms with van der Waals surface area (Å²) in [6.07, 6.45) is -1.38. The van der Waals surface area contributed by atoms with Crippen molar-refractivity contribution in [1.29, 1.82) is 0 Å². The lowest BCUT2D eigenvalue weighted by Crippen LogP contribution is -2.17. The molecule has 2 aromatic heterocycles. The molecule has 1 amide bonds. The van der Waals surface area contributed by atoms with Crippen LogP contribution in [0, 0.1) is 0 Å². The zero-order chi connectivity index (χ0) is 21.3. The highest BCUT2D eigenvalue weighted by Gasteiger charge is 2.37. The highest BCUT2D eigenvalue weighted by Crippen LogP contribution is 2.42. The molecule has 158 valence electrons. The molecule has 0 aliphatic heterocycles. The number of hydrogen-bond donors (Lipinski definition) is 1. The summed E-state index contributed by atoms with van der Waals surface area (Å²) in [5, 5.41) is 11.0. The van der Waals surface area contributed by atoms with E-state index >= 15 is 0 Å². The molecule has 1 fully saturated rings. The van der Waals surface area contributed by atoms with Gasteiger partial charge in [-0.2, -0.15) is 18.3 Å². The van der Waals surface area contributed by atoms with Crippen molar-refractivity contribution in [1.82, 2.24) is 24.5 Å². The molecule has 0 saturated heterocycles. The van der Waals surface area contributed by atoms with Gasteiger partial charge in [0.2, 0.25) is 11.9 Å². The van der Waals surface area contributed by atoms with Crippen molar-refractivity contribution in [2.45, 2.75) is 44.4 Å². The molecular weight excluding hydrogens is 421 g/mol. The van der Waals surface area contributed by atoms with E-state index in [-0.39, 0.29) is 24.8 Å². The lowest BCUT2D eigenvalue weighted by Gasteiger charge is -2.06. The number of halogens is 4. The number of carbonyl (C=O) groups is 1. The third kappa shape index (κ3) is 4.99. The largest absolute Gasteiger partial charge is 0.435 e. The van der Waals surface area contributed by atoms with Gasteiger partial charge in [0, 0.05) is 23.1 Å². The Bertz CT molecular complexity index is 1040. The standard InChI is InChI=1S/C19H18ClF3N6O/c20-14-5-1-12(2-6-14)10-28-11-24-18(27-28)25-17(30)7-8-29-15(13-3-4-13)9-16(26-29)19(21,22)23/h1-2,5-6,9,11,13H,3-4,7-8,10H2,(H,25,27,30). The van der Waals surface area contributed by atoms with Gasteiger partial charge in [0.1, 0.15) is 6.33 Å². The van der Waals surface area contributed by atoms with E-state index in [0.29, 0.717) is 17.3 Å². The minimum atomic E-state index is -4.50. The van der Waals surface area contributed by atoms with Gasteiger partial charge in [0.25, 0.3) is 0 Å². The van der Waals surface area contributed by atoms with Crippen molar-refractivity contribution in [3.8, 4) is 0 Å². The molecular formula is C19H18ClF3N6O. The van der Waals surface area contributed by atoms with Crippen LogP contribution in [0.15, 0.2) is 36.7 Å². The average molecular weight is 439 g/mol. The monoisotopic (exact) mass is 438 g/mol. The summed E-state index contributed by atoms with van der Waals surface area (Å²) in [6.45, 7) is 0.511. The Balaban J connectivity index is 1.34. The second-order valence-corrected chi connectivity index (χ2v) is 7.58. The van der Waals surface area contributed by atoms with E-state index in [4.69, 9.17) is 11.6 Å². The predicted octanol–water partition coefficient (Wildman–Crippen LogP) is 4.10. The number of carbonyl (C=O) groups excluding carboxylic acids is 1. The van der Waals surface area contributed by atoms with Crippen LogP contribution in [0.2, 0.25) is 5.02 Å². The number of hydrogen-bond acceptors (Lipinski definition) is 4. The SMILES string of the molecule is O=C(CCn1nc(C(F)(F)F)cc1C1CC1)Nc1ncn(Cc2ccc(Cl)cc2)n1. The number of aromatic nitrogens is 5. The van der Waals surface area contributed by atoms with Crippen LogP contribution in [0.1, 0.15) is 42.1 Å². The number of nitrogens with zero attached hydrogens (tertiary/aromatic N) is 5. The zero-order valence-corrected chi connectivity index (χ0v) is 16.5. The Morgan fingerprint density at radius 1 is 1.20 bits per heavy atom. The summed E-state index contributed by atoms with van der Waals surface area (Å²) >= 11 is 5.86. The minimum absolute atomic E-state index is 0.0373. The Morgan fingerprint density at radius 2 is 1.93 bits per heavy atom. The summed E-state index contributed by atoms with van der Waals surface area (Å²) in [5.74, 6) is -0.181. The smallest absolute Gasteiger partial charge is 0.293 e. The summed E-state index contributed by atoms with van der Waals surface area (Å²) in [5.41, 5.74) is 0.571. The van der Waals surface area contributed by atoms with Crippen LogP contribution in [-0.2, 0) is 24.1 Å². The van der Waals surface area contributed by atoms with Crippen LogP contribution < -0.4 is 5.32 Å². The third-order valence-corrected chi connectivity index (χ3v) is 4.95. The average Bonchev–Trinajstić information content (AvgIpc) is 3.28. The van der Waals surface area contributed by atoms with Gasteiger partial charge in [-0.05, 0) is 36.6 Å². The molecule has 0 radical (unpaired) electrons. The topological polar surface area (TPSA) is 77.6 Å². The van der Waals surface area contributed by atoms with Crippen LogP contribution in [-0.4, -0.2) is 30.5 Å². The number of alkyl halides is 3. The molecule has 1 saturated carbocycles. The highest BCUT2D eigenvalue weighted by molar-refractivity contribution is 6.30. The van der Waals surface area contributed by atoms with Crippen molar-refractivity contribution >= 4 is 23.5 Å². The molecule has 30 heavy (non-hydrogen) atoms. The predicted molar refractivity (Wildman–Crippen MR) is 103 cm³/mol. The quantitative estimate of drug-likeness (QED) is 0.602. The minimum Gasteiger partial charge on any atom is -0.293 e. The summed E-state index contributed by atoms with van der Waals surface area (Å²) in [4.78, 5) is 16.3. The van der Waals surface area contributed by atoms with Crippen LogP contribution >= 0.6 is 11.6 Å². The fourth-order valence-electron chi connectivity index (χ4n) is 3.06. The van der Waals surface area contributed by atoms with Crippen molar-refractivity contribution < 1.29 is 18.0 Å². The van der Waals surface area contributed by atoms with Crippen molar-refractivity contribution in [2.75, 3.05) is 5.32 Å². The lowest BCUT2D eigenvalue weighted by molar-refractivity contribution is -0.141. The first kappa shape index (κ1) is 20.4. The molecule has 2 heterocycles. The second kappa shape index (κ2) is 8.10. The summed E-state index contributed by atoms with van der Waals surface area (Å²) in [7, 11) is 0. The van der Waals surface area contributed by atoms with E-state index in [9.17, 15) is 18.0 Å². The van der Waals surface area contributed by atoms with Gasteiger partial charge in [0.15, 0.2) is 5.69 Å². The van der Waals surface area contributed by atoms with Crippen molar-refractivity contribution in [3.63, 3.8) is 0 Å². The molecule has 0 bridgehead atoms. The van der Waals surface area contributed by atoms with Crippen LogP contribution in [0.5, 0.6) is 0 Å². The molecule has 1 aliphatic carbocycles. The highest BCUT2D eigenvalue weighted by atomic mass is 35.5. The molecule has 7 nitrogen and oxygen atoms in total. The van der Waals surface area contributed by atoms with Gasteiger partial charge in [-0.3, -0.25) is 14.8 Å². The molecule has 11 heteroatoms. The molecule has 1 aliphatic rings. The number of amides is 1. The van der Waals surface area contributed by atoms with Gasteiger partial charge in [-0.15, -0.1) is 5.10 Å². The van der Waals surface area contributed by atoms with Gasteiger partial charge >= 0.3 is 6.18 Å². The molecule has 0 atom stereocenters. The number of rotatable bonds is 7. The first-order valence-corrected chi connectivity index (χ1v) is 9.74. The van der Waals surface area contributed by atoms with E-state index < -0.39 is 17.8 Å². The molecule has 1 N–H and O–H groups in total. The van der Waals surface area contributed by atoms with Crippen LogP contribution in [0.25, 0.3) is 0 Å². The number of benzene rings is 1. The first-order chi connectivity index (χ1) is 14.3. The maximum atomic E-state index is 12.9. The zero-order valence-electron chi connectivity index (χ0n) is 15.7. The van der Waals surface area contributed by atoms with E-state index in [1.165, 1.54) is 11.0 Å². The maximum absolute atomic E-state index is 12.9. The van der Waals surface area contributed by atoms with E-state index in [2.05, 4.69) is 20.5 Å². The van der Waals surface area contributed by atoms with E-state index in [0.717, 1.165) is 24.5 Å².